The lowest BCUT2D eigenvalue weighted by molar-refractivity contribution is -0.120. The zero-order valence-electron chi connectivity index (χ0n) is 10.9. The molecular weight excluding hydrogens is 236 g/mol. The summed E-state index contributed by atoms with van der Waals surface area (Å²) in [4.78, 5) is 11.6. The summed E-state index contributed by atoms with van der Waals surface area (Å²) in [6.45, 7) is 2.55. The van der Waals surface area contributed by atoms with E-state index in [9.17, 15) is 4.79 Å². The molecule has 0 bridgehead atoms. The van der Waals surface area contributed by atoms with Crippen molar-refractivity contribution >= 4 is 17.7 Å². The van der Waals surface area contributed by atoms with Gasteiger partial charge in [-0.05, 0) is 19.1 Å². The molecule has 0 unspecified atom stereocenters. The Hall–Kier alpha value is -0.260. The summed E-state index contributed by atoms with van der Waals surface area (Å²) in [5.74, 6) is 0.0847. The number of thioether (sulfide) groups is 1. The van der Waals surface area contributed by atoms with Gasteiger partial charge in [0.25, 0.3) is 0 Å². The Balaban J connectivity index is 2.14. The first kappa shape index (κ1) is 14.8. The summed E-state index contributed by atoms with van der Waals surface area (Å²) in [7, 11) is 1.66. The first-order chi connectivity index (χ1) is 8.22. The molecule has 4 nitrogen and oxygen atoms in total. The van der Waals surface area contributed by atoms with Crippen LogP contribution in [0.4, 0.5) is 0 Å². The van der Waals surface area contributed by atoms with Crippen molar-refractivity contribution in [1.29, 1.82) is 0 Å². The average molecular weight is 260 g/mol. The van der Waals surface area contributed by atoms with Gasteiger partial charge in [-0.2, -0.15) is 11.8 Å². The lowest BCUT2D eigenvalue weighted by atomic mass is 10.1. The summed E-state index contributed by atoms with van der Waals surface area (Å²) < 4.78 is 5.19. The van der Waals surface area contributed by atoms with E-state index < -0.39 is 0 Å². The molecule has 2 N–H and O–H groups in total. The van der Waals surface area contributed by atoms with Crippen LogP contribution in [-0.2, 0) is 9.53 Å². The predicted molar refractivity (Wildman–Crippen MR) is 72.5 cm³/mol. The second kappa shape index (κ2) is 7.95. The molecule has 0 aliphatic heterocycles. The van der Waals surface area contributed by atoms with E-state index in [4.69, 9.17) is 4.74 Å². The van der Waals surface area contributed by atoms with E-state index in [0.29, 0.717) is 17.9 Å². The highest BCUT2D eigenvalue weighted by atomic mass is 32.2. The third kappa shape index (κ3) is 5.27. The Morgan fingerprint density at radius 2 is 2.12 bits per heavy atom. The number of carbonyl (C=O) groups is 1. The second-order valence-electron chi connectivity index (χ2n) is 4.54. The molecule has 0 aromatic carbocycles. The van der Waals surface area contributed by atoms with Gasteiger partial charge in [0.2, 0.25) is 5.91 Å². The van der Waals surface area contributed by atoms with E-state index in [1.807, 2.05) is 11.8 Å². The van der Waals surface area contributed by atoms with Gasteiger partial charge < -0.3 is 15.4 Å². The average Bonchev–Trinajstić information content (AvgIpc) is 2.82. The SMILES string of the molecule is COCCNCC(=O)NCC1(SC)CCCC1. The van der Waals surface area contributed by atoms with Gasteiger partial charge in [0.1, 0.15) is 0 Å². The van der Waals surface area contributed by atoms with Gasteiger partial charge in [0.05, 0.1) is 13.2 Å². The molecule has 1 aliphatic rings. The molecule has 1 saturated carbocycles. The molecule has 17 heavy (non-hydrogen) atoms. The van der Waals surface area contributed by atoms with Gasteiger partial charge in [-0.25, -0.2) is 0 Å². The van der Waals surface area contributed by atoms with Crippen LogP contribution in [0.1, 0.15) is 25.7 Å². The first-order valence-electron chi connectivity index (χ1n) is 6.24. The summed E-state index contributed by atoms with van der Waals surface area (Å²) >= 11 is 1.90. The number of hydrogen-bond acceptors (Lipinski definition) is 4. The molecule has 0 radical (unpaired) electrons. The van der Waals surface area contributed by atoms with Gasteiger partial charge in [-0.3, -0.25) is 4.79 Å². The van der Waals surface area contributed by atoms with Crippen LogP contribution in [0.3, 0.4) is 0 Å². The number of methoxy groups -OCH3 is 1. The molecule has 5 heteroatoms. The molecule has 1 amide bonds. The molecule has 0 atom stereocenters. The smallest absolute Gasteiger partial charge is 0.234 e. The minimum atomic E-state index is 0.0847. The number of rotatable bonds is 8. The van der Waals surface area contributed by atoms with Crippen LogP contribution < -0.4 is 10.6 Å². The normalized spacial score (nSPS) is 18.2. The van der Waals surface area contributed by atoms with Crippen molar-refractivity contribution in [2.75, 3.05) is 39.6 Å². The predicted octanol–water partition coefficient (Wildman–Crippen LogP) is 1.01. The summed E-state index contributed by atoms with van der Waals surface area (Å²) in [5.41, 5.74) is 0. The van der Waals surface area contributed by atoms with Gasteiger partial charge >= 0.3 is 0 Å². The number of hydrogen-bond donors (Lipinski definition) is 2. The van der Waals surface area contributed by atoms with Crippen molar-refractivity contribution in [2.45, 2.75) is 30.4 Å². The monoisotopic (exact) mass is 260 g/mol. The minimum absolute atomic E-state index is 0.0847. The van der Waals surface area contributed by atoms with E-state index in [-0.39, 0.29) is 5.91 Å². The van der Waals surface area contributed by atoms with E-state index in [2.05, 4.69) is 16.9 Å². The quantitative estimate of drug-likeness (QED) is 0.640. The summed E-state index contributed by atoms with van der Waals surface area (Å²) in [6.07, 6.45) is 7.19. The largest absolute Gasteiger partial charge is 0.383 e. The Bertz CT molecular complexity index is 231. The Labute approximate surface area is 108 Å². The number of nitrogens with one attached hydrogen (secondary N) is 2. The lowest BCUT2D eigenvalue weighted by Crippen LogP contribution is -2.42. The van der Waals surface area contributed by atoms with E-state index in [1.165, 1.54) is 25.7 Å². The fourth-order valence-corrected chi connectivity index (χ4v) is 3.08. The van der Waals surface area contributed by atoms with E-state index >= 15 is 0 Å². The molecule has 100 valence electrons. The fourth-order valence-electron chi connectivity index (χ4n) is 2.17. The zero-order chi connectivity index (χ0) is 12.6. The molecule has 1 fully saturated rings. The van der Waals surface area contributed by atoms with Gasteiger partial charge in [0, 0.05) is 24.9 Å². The van der Waals surface area contributed by atoms with Gasteiger partial charge in [-0.15, -0.1) is 0 Å². The summed E-state index contributed by atoms with van der Waals surface area (Å²) in [5, 5.41) is 6.08. The topological polar surface area (TPSA) is 50.4 Å². The van der Waals surface area contributed by atoms with Crippen molar-refractivity contribution in [3.63, 3.8) is 0 Å². The van der Waals surface area contributed by atoms with Crippen molar-refractivity contribution in [3.8, 4) is 0 Å². The molecule has 1 aliphatic carbocycles. The molecular formula is C12H24N2O2S. The third-order valence-electron chi connectivity index (χ3n) is 3.32. The van der Waals surface area contributed by atoms with Crippen LogP contribution in [0.5, 0.6) is 0 Å². The van der Waals surface area contributed by atoms with E-state index in [1.54, 1.807) is 7.11 Å². The van der Waals surface area contributed by atoms with Crippen LogP contribution in [0, 0.1) is 0 Å². The molecule has 0 spiro atoms. The number of ether oxygens (including phenoxy) is 1. The Kier molecular flexibility index (Phi) is 6.92. The standard InChI is InChI=1S/C12H24N2O2S/c1-16-8-7-13-9-11(15)14-10-12(17-2)5-3-4-6-12/h13H,3-10H2,1-2H3,(H,14,15). The number of amides is 1. The van der Waals surface area contributed by atoms with Crippen molar-refractivity contribution in [1.82, 2.24) is 10.6 Å². The van der Waals surface area contributed by atoms with Crippen molar-refractivity contribution in [3.05, 3.63) is 0 Å². The second-order valence-corrected chi connectivity index (χ2v) is 5.81. The third-order valence-corrected chi connectivity index (χ3v) is 4.74. The Morgan fingerprint density at radius 3 is 2.71 bits per heavy atom. The zero-order valence-corrected chi connectivity index (χ0v) is 11.7. The molecule has 1 rings (SSSR count). The highest BCUT2D eigenvalue weighted by molar-refractivity contribution is 8.00. The summed E-state index contributed by atoms with van der Waals surface area (Å²) in [6, 6.07) is 0. The van der Waals surface area contributed by atoms with Crippen LogP contribution in [0.2, 0.25) is 0 Å². The molecule has 0 saturated heterocycles. The van der Waals surface area contributed by atoms with Crippen LogP contribution >= 0.6 is 11.8 Å². The number of carbonyl (C=O) groups excluding carboxylic acids is 1. The van der Waals surface area contributed by atoms with Crippen LogP contribution in [0.25, 0.3) is 0 Å². The minimum Gasteiger partial charge on any atom is -0.383 e. The van der Waals surface area contributed by atoms with Gasteiger partial charge in [-0.1, -0.05) is 12.8 Å². The molecule has 0 aromatic rings. The molecule has 0 aromatic heterocycles. The maximum Gasteiger partial charge on any atom is 0.234 e. The lowest BCUT2D eigenvalue weighted by Gasteiger charge is -2.26. The first-order valence-corrected chi connectivity index (χ1v) is 7.46. The van der Waals surface area contributed by atoms with Crippen molar-refractivity contribution in [2.24, 2.45) is 0 Å². The molecule has 0 heterocycles. The van der Waals surface area contributed by atoms with Crippen LogP contribution in [0.15, 0.2) is 0 Å². The van der Waals surface area contributed by atoms with Crippen LogP contribution in [-0.4, -0.2) is 50.3 Å². The highest BCUT2D eigenvalue weighted by Crippen LogP contribution is 2.39. The van der Waals surface area contributed by atoms with Gasteiger partial charge in [0.15, 0.2) is 0 Å². The maximum absolute atomic E-state index is 11.6. The highest BCUT2D eigenvalue weighted by Gasteiger charge is 2.32. The maximum atomic E-state index is 11.6. The Morgan fingerprint density at radius 1 is 1.41 bits per heavy atom. The fraction of sp³-hybridized carbons (Fsp3) is 0.917. The van der Waals surface area contributed by atoms with E-state index in [0.717, 1.165) is 13.1 Å². The van der Waals surface area contributed by atoms with Crippen molar-refractivity contribution < 1.29 is 9.53 Å².